The molecule has 6 heteroatoms. The van der Waals surface area contributed by atoms with E-state index in [1.54, 1.807) is 0 Å². The van der Waals surface area contributed by atoms with Crippen molar-refractivity contribution in [2.75, 3.05) is 19.6 Å². The molecule has 3 unspecified atom stereocenters. The van der Waals surface area contributed by atoms with E-state index in [0.717, 1.165) is 18.5 Å². The lowest BCUT2D eigenvalue weighted by Gasteiger charge is -2.38. The smallest absolute Gasteiger partial charge is 0.150 e. The third-order valence-corrected chi connectivity index (χ3v) is 5.94. The van der Waals surface area contributed by atoms with E-state index >= 15 is 0 Å². The molecule has 1 aliphatic carbocycles. The maximum Gasteiger partial charge on any atom is 0.150 e. The number of hydrogen-bond acceptors (Lipinski definition) is 5. The van der Waals surface area contributed by atoms with E-state index in [9.17, 15) is 0 Å². The van der Waals surface area contributed by atoms with Gasteiger partial charge in [0.1, 0.15) is 5.84 Å². The van der Waals surface area contributed by atoms with Gasteiger partial charge < -0.3 is 17.3 Å². The lowest BCUT2D eigenvalue weighted by Crippen LogP contribution is -2.50. The number of amidine groups is 1. The van der Waals surface area contributed by atoms with Crippen LogP contribution in [-0.4, -0.2) is 53.4 Å². The molecule has 0 radical (unpaired) electrons. The lowest BCUT2D eigenvalue weighted by atomic mass is 10.0. The van der Waals surface area contributed by atoms with E-state index < -0.39 is 0 Å². The summed E-state index contributed by atoms with van der Waals surface area (Å²) in [6, 6.07) is 8.63. The SMILES string of the molecule is CC(N)CN1C[C@@H]2CC1CN2C1CCc2cc(/C(N)=N/N)ccc21. The summed E-state index contributed by atoms with van der Waals surface area (Å²) in [6.45, 7) is 5.47. The van der Waals surface area contributed by atoms with Crippen molar-refractivity contribution < 1.29 is 0 Å². The fraction of sp³-hybridized carbons (Fsp3) is 0.611. The summed E-state index contributed by atoms with van der Waals surface area (Å²) in [7, 11) is 0. The topological polar surface area (TPSA) is 96.9 Å². The van der Waals surface area contributed by atoms with E-state index in [1.165, 1.54) is 37.1 Å². The van der Waals surface area contributed by atoms with Gasteiger partial charge in [0, 0.05) is 49.4 Å². The zero-order chi connectivity index (χ0) is 16.8. The highest BCUT2D eigenvalue weighted by atomic mass is 15.4. The van der Waals surface area contributed by atoms with Crippen molar-refractivity contribution in [1.29, 1.82) is 0 Å². The number of fused-ring (bicyclic) bond motifs is 3. The van der Waals surface area contributed by atoms with Crippen LogP contribution in [0.3, 0.4) is 0 Å². The van der Waals surface area contributed by atoms with Crippen LogP contribution >= 0.6 is 0 Å². The summed E-state index contributed by atoms with van der Waals surface area (Å²) in [5.41, 5.74) is 15.6. The molecule has 130 valence electrons. The summed E-state index contributed by atoms with van der Waals surface area (Å²) in [5, 5.41) is 3.61. The lowest BCUT2D eigenvalue weighted by molar-refractivity contribution is 0.0892. The average Bonchev–Trinajstić information content (AvgIpc) is 3.25. The predicted molar refractivity (Wildman–Crippen MR) is 96.5 cm³/mol. The third-order valence-electron chi connectivity index (χ3n) is 5.94. The van der Waals surface area contributed by atoms with E-state index in [4.69, 9.17) is 17.3 Å². The molecule has 2 saturated heterocycles. The number of hydrogen-bond donors (Lipinski definition) is 3. The van der Waals surface area contributed by atoms with Gasteiger partial charge in [-0.05, 0) is 43.4 Å². The van der Waals surface area contributed by atoms with Crippen LogP contribution in [0.2, 0.25) is 0 Å². The maximum absolute atomic E-state index is 5.99. The molecule has 1 aromatic carbocycles. The number of rotatable bonds is 4. The molecule has 6 N–H and O–H groups in total. The third kappa shape index (κ3) is 2.59. The first-order valence-electron chi connectivity index (χ1n) is 8.98. The molecule has 4 rings (SSSR count). The molecule has 2 aliphatic heterocycles. The van der Waals surface area contributed by atoms with E-state index in [2.05, 4.69) is 40.0 Å². The van der Waals surface area contributed by atoms with Gasteiger partial charge in [0.15, 0.2) is 0 Å². The molecule has 2 bridgehead atoms. The Kier molecular flexibility index (Phi) is 3.98. The van der Waals surface area contributed by atoms with Crippen molar-refractivity contribution in [2.24, 2.45) is 22.4 Å². The van der Waals surface area contributed by atoms with E-state index in [-0.39, 0.29) is 6.04 Å². The molecule has 0 aromatic heterocycles. The predicted octanol–water partition coefficient (Wildman–Crippen LogP) is 0.359. The van der Waals surface area contributed by atoms with Crippen LogP contribution in [0.1, 0.15) is 42.5 Å². The van der Waals surface area contributed by atoms with Crippen LogP contribution in [0.5, 0.6) is 0 Å². The van der Waals surface area contributed by atoms with Crippen LogP contribution in [0.15, 0.2) is 23.3 Å². The Hall–Kier alpha value is -1.63. The minimum absolute atomic E-state index is 0.262. The fourth-order valence-corrected chi connectivity index (χ4v) is 4.93. The average molecular weight is 328 g/mol. The monoisotopic (exact) mass is 328 g/mol. The summed E-state index contributed by atoms with van der Waals surface area (Å²) >= 11 is 0. The zero-order valence-corrected chi connectivity index (χ0v) is 14.4. The number of hydrazone groups is 1. The van der Waals surface area contributed by atoms with Gasteiger partial charge >= 0.3 is 0 Å². The van der Waals surface area contributed by atoms with Gasteiger partial charge in [-0.25, -0.2) is 0 Å². The van der Waals surface area contributed by atoms with Crippen LogP contribution < -0.4 is 17.3 Å². The number of aryl methyl sites for hydroxylation is 1. The van der Waals surface area contributed by atoms with Crippen molar-refractivity contribution >= 4 is 5.84 Å². The highest BCUT2D eigenvalue weighted by Crippen LogP contribution is 2.43. The van der Waals surface area contributed by atoms with Crippen molar-refractivity contribution in [3.05, 3.63) is 34.9 Å². The number of likely N-dealkylation sites (tertiary alicyclic amines) is 2. The van der Waals surface area contributed by atoms with Gasteiger partial charge in [-0.1, -0.05) is 12.1 Å². The Bertz CT molecular complexity index is 655. The van der Waals surface area contributed by atoms with E-state index in [1.807, 2.05) is 0 Å². The Morgan fingerprint density at radius 2 is 2.17 bits per heavy atom. The van der Waals surface area contributed by atoms with Crippen LogP contribution in [0, 0.1) is 0 Å². The Morgan fingerprint density at radius 1 is 1.33 bits per heavy atom. The molecule has 0 amide bonds. The van der Waals surface area contributed by atoms with Crippen LogP contribution in [-0.2, 0) is 6.42 Å². The molecule has 2 heterocycles. The molecule has 0 saturated carbocycles. The number of nitrogens with zero attached hydrogens (tertiary/aromatic N) is 3. The molecule has 3 aliphatic rings. The summed E-state index contributed by atoms with van der Waals surface area (Å²) in [6.07, 6.45) is 3.61. The highest BCUT2D eigenvalue weighted by molar-refractivity contribution is 5.97. The summed E-state index contributed by atoms with van der Waals surface area (Å²) < 4.78 is 0. The Labute approximate surface area is 143 Å². The molecular weight excluding hydrogens is 300 g/mol. The minimum atomic E-state index is 0.262. The maximum atomic E-state index is 5.99. The molecule has 24 heavy (non-hydrogen) atoms. The van der Waals surface area contributed by atoms with Crippen molar-refractivity contribution in [1.82, 2.24) is 9.80 Å². The normalized spacial score (nSPS) is 31.6. The molecular formula is C18H28N6. The molecule has 6 nitrogen and oxygen atoms in total. The number of nitrogens with two attached hydrogens (primary N) is 3. The molecule has 2 fully saturated rings. The first-order chi connectivity index (χ1) is 11.6. The summed E-state index contributed by atoms with van der Waals surface area (Å²) in [5.74, 6) is 5.72. The van der Waals surface area contributed by atoms with Crippen LogP contribution in [0.25, 0.3) is 0 Å². The Balaban J connectivity index is 1.50. The second kappa shape index (κ2) is 6.02. The second-order valence-corrected chi connectivity index (χ2v) is 7.65. The fourth-order valence-electron chi connectivity index (χ4n) is 4.93. The van der Waals surface area contributed by atoms with Crippen molar-refractivity contribution in [3.8, 4) is 0 Å². The second-order valence-electron chi connectivity index (χ2n) is 7.65. The van der Waals surface area contributed by atoms with Gasteiger partial charge in [0.2, 0.25) is 0 Å². The van der Waals surface area contributed by atoms with E-state index in [0.29, 0.717) is 24.0 Å². The van der Waals surface area contributed by atoms with Crippen molar-refractivity contribution in [2.45, 2.75) is 50.4 Å². The first kappa shape index (κ1) is 15.9. The first-order valence-corrected chi connectivity index (χ1v) is 8.98. The number of piperazine rings is 1. The molecule has 0 spiro atoms. The van der Waals surface area contributed by atoms with Crippen LogP contribution in [0.4, 0.5) is 0 Å². The quantitative estimate of drug-likeness (QED) is 0.321. The molecule has 4 atom stereocenters. The Morgan fingerprint density at radius 3 is 2.83 bits per heavy atom. The minimum Gasteiger partial charge on any atom is -0.382 e. The van der Waals surface area contributed by atoms with Gasteiger partial charge in [-0.2, -0.15) is 5.10 Å². The summed E-state index contributed by atoms with van der Waals surface area (Å²) in [4.78, 5) is 5.32. The van der Waals surface area contributed by atoms with Crippen molar-refractivity contribution in [3.63, 3.8) is 0 Å². The number of benzene rings is 1. The standard InChI is InChI=1S/C18H28N6/c1-11(19)8-23-9-15-7-14(23)10-24(15)17-5-3-12-6-13(18(20)22-21)2-4-16(12)17/h2,4,6,11,14-15,17H,3,5,7-10,19,21H2,1H3,(H2,20,22)/t11?,14?,15-,17?/m0/s1. The van der Waals surface area contributed by atoms with Gasteiger partial charge in [-0.3, -0.25) is 9.80 Å². The van der Waals surface area contributed by atoms with Gasteiger partial charge in [-0.15, -0.1) is 0 Å². The largest absolute Gasteiger partial charge is 0.382 e. The zero-order valence-electron chi connectivity index (χ0n) is 14.4. The van der Waals surface area contributed by atoms with Gasteiger partial charge in [0.05, 0.1) is 0 Å². The molecule has 1 aromatic rings. The highest BCUT2D eigenvalue weighted by Gasteiger charge is 2.46. The van der Waals surface area contributed by atoms with Gasteiger partial charge in [0.25, 0.3) is 0 Å².